The van der Waals surface area contributed by atoms with Gasteiger partial charge in [0, 0.05) is 4.92 Å². The van der Waals surface area contributed by atoms with Crippen LogP contribution in [0.1, 0.15) is 0 Å². The molecule has 0 N–H and O–H groups in total. The highest BCUT2D eigenvalue weighted by Crippen LogP contribution is 3.04. The zero-order valence-corrected chi connectivity index (χ0v) is 3.50. The number of nitro groups is 1. The fourth-order valence-electron chi connectivity index (χ4n) is 1.67. The first-order valence-electron chi connectivity index (χ1n) is 2.45. The molecule has 0 bridgehead atoms. The Morgan fingerprint density at radius 2 is 1.86 bits per heavy atom. The Kier molecular flexibility index (Phi) is 0.130. The van der Waals surface area contributed by atoms with E-state index in [0.29, 0.717) is 17.8 Å². The van der Waals surface area contributed by atoms with Crippen LogP contribution in [0.3, 0.4) is 0 Å². The van der Waals surface area contributed by atoms with E-state index in [9.17, 15) is 10.1 Å². The molecule has 0 atom stereocenters. The summed E-state index contributed by atoms with van der Waals surface area (Å²) in [6, 6.07) is 0. The van der Waals surface area contributed by atoms with E-state index >= 15 is 0 Å². The average Bonchev–Trinajstić information content (AvgIpc) is 2.31. The highest BCUT2D eigenvalue weighted by molar-refractivity contribution is 5.58. The van der Waals surface area contributed by atoms with Crippen LogP contribution in [0.15, 0.2) is 0 Å². The molecule has 36 valence electrons. The standard InChI is InChI=1S/C4H3NO2/c6-5(7)4-1-2(4)3(1)4/h1-3H. The summed E-state index contributed by atoms with van der Waals surface area (Å²) < 4.78 is 0. The molecule has 4 aliphatic rings. The van der Waals surface area contributed by atoms with Gasteiger partial charge in [-0.1, -0.05) is 0 Å². The van der Waals surface area contributed by atoms with E-state index in [4.69, 9.17) is 0 Å². The smallest absolute Gasteiger partial charge is 0.233 e. The Labute approximate surface area is 39.5 Å². The molecule has 0 aromatic rings. The minimum Gasteiger partial charge on any atom is -0.264 e. The summed E-state index contributed by atoms with van der Waals surface area (Å²) in [7, 11) is 0. The van der Waals surface area contributed by atoms with Crippen LogP contribution in [0, 0.1) is 27.9 Å². The van der Waals surface area contributed by atoms with Crippen molar-refractivity contribution in [3.05, 3.63) is 10.1 Å². The zero-order chi connectivity index (χ0) is 4.81. The molecule has 0 aliphatic heterocycles. The van der Waals surface area contributed by atoms with Gasteiger partial charge in [-0.2, -0.15) is 0 Å². The Balaban J connectivity index is 2.13. The lowest BCUT2D eigenvalue weighted by atomic mass is 10.8. The lowest BCUT2D eigenvalue weighted by Crippen LogP contribution is -2.01. The largest absolute Gasteiger partial charge is 0.264 e. The fourth-order valence-corrected chi connectivity index (χ4v) is 1.67. The van der Waals surface area contributed by atoms with Crippen LogP contribution in [0.2, 0.25) is 0 Å². The van der Waals surface area contributed by atoms with E-state index in [-0.39, 0.29) is 10.5 Å². The van der Waals surface area contributed by atoms with Gasteiger partial charge in [0.1, 0.15) is 0 Å². The first kappa shape index (κ1) is 2.64. The lowest BCUT2D eigenvalue weighted by Gasteiger charge is -1.78. The highest BCUT2D eigenvalue weighted by atomic mass is 16.6. The molecular weight excluding hydrogens is 94.0 g/mol. The van der Waals surface area contributed by atoms with Gasteiger partial charge in [0.2, 0.25) is 5.54 Å². The highest BCUT2D eigenvalue weighted by Gasteiger charge is 3.20. The predicted octanol–water partition coefficient (Wildman–Crippen LogP) is -0.109. The average molecular weight is 97.1 g/mol. The lowest BCUT2D eigenvalue weighted by molar-refractivity contribution is -0.506. The van der Waals surface area contributed by atoms with Crippen LogP contribution in [0.4, 0.5) is 0 Å². The van der Waals surface area contributed by atoms with E-state index in [1.165, 1.54) is 0 Å². The minimum absolute atomic E-state index is 0.0903. The maximum atomic E-state index is 9.95. The predicted molar refractivity (Wildman–Crippen MR) is 20.2 cm³/mol. The Morgan fingerprint density at radius 3 is 1.86 bits per heavy atom. The van der Waals surface area contributed by atoms with Gasteiger partial charge in [0.25, 0.3) is 0 Å². The van der Waals surface area contributed by atoms with Gasteiger partial charge in [-0.25, -0.2) is 0 Å². The minimum atomic E-state index is -0.278. The summed E-state index contributed by atoms with van der Waals surface area (Å²) >= 11 is 0. The molecule has 0 radical (unpaired) electrons. The monoisotopic (exact) mass is 97.0 g/mol. The Morgan fingerprint density at radius 1 is 1.43 bits per heavy atom. The van der Waals surface area contributed by atoms with Crippen molar-refractivity contribution in [1.82, 2.24) is 0 Å². The third kappa shape index (κ3) is 0.0831. The molecule has 7 heavy (non-hydrogen) atoms. The molecule has 4 aliphatic carbocycles. The van der Waals surface area contributed by atoms with Gasteiger partial charge in [0.15, 0.2) is 0 Å². The van der Waals surface area contributed by atoms with Crippen LogP contribution < -0.4 is 0 Å². The van der Waals surface area contributed by atoms with E-state index < -0.39 is 0 Å². The molecule has 3 nitrogen and oxygen atoms in total. The molecule has 4 fully saturated rings. The quantitative estimate of drug-likeness (QED) is 0.338. The van der Waals surface area contributed by atoms with Crippen molar-refractivity contribution in [3.63, 3.8) is 0 Å². The first-order valence-corrected chi connectivity index (χ1v) is 2.45. The molecule has 4 saturated carbocycles. The van der Waals surface area contributed by atoms with Crippen molar-refractivity contribution in [2.24, 2.45) is 17.8 Å². The molecule has 0 aromatic heterocycles. The van der Waals surface area contributed by atoms with Crippen molar-refractivity contribution in [1.29, 1.82) is 0 Å². The van der Waals surface area contributed by atoms with Gasteiger partial charge < -0.3 is 0 Å². The third-order valence-electron chi connectivity index (χ3n) is 2.61. The maximum Gasteiger partial charge on any atom is 0.233 e. The first-order chi connectivity index (χ1) is 3.31. The van der Waals surface area contributed by atoms with E-state index in [0.717, 1.165) is 0 Å². The molecule has 0 aromatic carbocycles. The summed E-state index contributed by atoms with van der Waals surface area (Å²) in [4.78, 5) is 9.86. The van der Waals surface area contributed by atoms with Gasteiger partial charge >= 0.3 is 0 Å². The number of hydrogen-bond acceptors (Lipinski definition) is 2. The molecule has 0 heterocycles. The van der Waals surface area contributed by atoms with Gasteiger partial charge in [-0.05, 0) is 0 Å². The molecule has 0 amide bonds. The fraction of sp³-hybridized carbons (Fsp3) is 1.00. The normalized spacial score (nSPS) is 76.9. The van der Waals surface area contributed by atoms with Crippen molar-refractivity contribution in [2.75, 3.05) is 0 Å². The molecule has 0 spiro atoms. The zero-order valence-electron chi connectivity index (χ0n) is 3.50. The summed E-state index contributed by atoms with van der Waals surface area (Å²) in [5.74, 6) is 1.72. The van der Waals surface area contributed by atoms with Crippen molar-refractivity contribution in [3.8, 4) is 0 Å². The topological polar surface area (TPSA) is 43.1 Å². The van der Waals surface area contributed by atoms with Crippen molar-refractivity contribution in [2.45, 2.75) is 5.54 Å². The van der Waals surface area contributed by atoms with Crippen LogP contribution >= 0.6 is 0 Å². The molecule has 0 saturated heterocycles. The number of hydrogen-bond donors (Lipinski definition) is 0. The maximum absolute atomic E-state index is 9.95. The van der Waals surface area contributed by atoms with Crippen LogP contribution in [-0.2, 0) is 0 Å². The number of rotatable bonds is 1. The molecular formula is C4H3NO2. The van der Waals surface area contributed by atoms with Gasteiger partial charge in [0.05, 0.1) is 17.8 Å². The number of nitrogens with zero attached hydrogens (tertiary/aromatic N) is 1. The van der Waals surface area contributed by atoms with Crippen LogP contribution in [0.5, 0.6) is 0 Å². The Hall–Kier alpha value is -0.600. The van der Waals surface area contributed by atoms with E-state index in [1.54, 1.807) is 0 Å². The Bertz CT molecular complexity index is 160. The van der Waals surface area contributed by atoms with Crippen LogP contribution in [0.25, 0.3) is 0 Å². The van der Waals surface area contributed by atoms with Gasteiger partial charge in [-0.15, -0.1) is 0 Å². The molecule has 0 unspecified atom stereocenters. The summed E-state index contributed by atoms with van der Waals surface area (Å²) in [6.07, 6.45) is 0. The van der Waals surface area contributed by atoms with Crippen molar-refractivity contribution < 1.29 is 4.92 Å². The molecule has 3 heteroatoms. The molecule has 4 rings (SSSR count). The van der Waals surface area contributed by atoms with E-state index in [2.05, 4.69) is 0 Å². The second-order valence-electron chi connectivity index (χ2n) is 2.72. The van der Waals surface area contributed by atoms with Crippen molar-refractivity contribution >= 4 is 0 Å². The summed E-state index contributed by atoms with van der Waals surface area (Å²) in [6.45, 7) is 0. The second-order valence-corrected chi connectivity index (χ2v) is 2.72. The van der Waals surface area contributed by atoms with Gasteiger partial charge in [-0.3, -0.25) is 10.1 Å². The summed E-state index contributed by atoms with van der Waals surface area (Å²) in [5, 5.41) is 9.95. The third-order valence-corrected chi connectivity index (χ3v) is 2.61. The SMILES string of the molecule is O=[N+]([O-])C12C3C1C32. The second kappa shape index (κ2) is 0.345. The summed E-state index contributed by atoms with van der Waals surface area (Å²) in [5.41, 5.74) is -0.278. The van der Waals surface area contributed by atoms with Crippen LogP contribution in [-0.4, -0.2) is 10.5 Å². The van der Waals surface area contributed by atoms with E-state index in [1.807, 2.05) is 0 Å².